The molecule has 0 amide bonds. The van der Waals surface area contributed by atoms with Gasteiger partial charge in [-0.25, -0.2) is 4.39 Å². The highest BCUT2D eigenvalue weighted by Crippen LogP contribution is 2.23. The van der Waals surface area contributed by atoms with Gasteiger partial charge in [0.15, 0.2) is 0 Å². The van der Waals surface area contributed by atoms with E-state index in [0.717, 1.165) is 0 Å². The van der Waals surface area contributed by atoms with Crippen molar-refractivity contribution in [3.05, 3.63) is 46.5 Å². The lowest BCUT2D eigenvalue weighted by molar-refractivity contribution is 0.589. The first-order chi connectivity index (χ1) is 7.68. The van der Waals surface area contributed by atoms with Gasteiger partial charge in [-0.3, -0.25) is 0 Å². The summed E-state index contributed by atoms with van der Waals surface area (Å²) < 4.78 is 13.5. The molecule has 2 aromatic rings. The second-order valence-corrected chi connectivity index (χ2v) is 3.81. The Labute approximate surface area is 96.6 Å². The molecule has 16 heavy (non-hydrogen) atoms. The summed E-state index contributed by atoms with van der Waals surface area (Å²) in [4.78, 5) is 0. The van der Waals surface area contributed by atoms with Crippen LogP contribution in [0.25, 0.3) is 0 Å². The molecule has 0 aliphatic heterocycles. The van der Waals surface area contributed by atoms with Crippen molar-refractivity contribution >= 4 is 11.6 Å². The number of benzene rings is 1. The Morgan fingerprint density at radius 3 is 2.94 bits per heavy atom. The fourth-order valence-electron chi connectivity index (χ4n) is 1.44. The molecule has 4 nitrogen and oxygen atoms in total. The van der Waals surface area contributed by atoms with Gasteiger partial charge in [0.25, 0.3) is 0 Å². The molecule has 0 saturated carbocycles. The Bertz CT molecular complexity index is 451. The minimum absolute atomic E-state index is 0.290. The summed E-state index contributed by atoms with van der Waals surface area (Å²) in [5.74, 6) is -0.355. The van der Waals surface area contributed by atoms with Gasteiger partial charge in [0.05, 0.1) is 17.9 Å². The molecule has 0 bridgehead atoms. The molecule has 0 aliphatic carbocycles. The van der Waals surface area contributed by atoms with E-state index in [-0.39, 0.29) is 12.2 Å². The standard InChI is InChI=1S/C10H10ClFN4/c11-7-2-1-3-8(12)6(7)4-9(13)10-5-14-16-15-10/h1-3,5,9H,4,13H2,(H,14,15,16). The largest absolute Gasteiger partial charge is 0.322 e. The molecule has 0 spiro atoms. The van der Waals surface area contributed by atoms with Gasteiger partial charge in [-0.05, 0) is 18.6 Å². The molecule has 2 rings (SSSR count). The maximum Gasteiger partial charge on any atom is 0.127 e. The molecule has 0 aliphatic rings. The van der Waals surface area contributed by atoms with Crippen LogP contribution in [0.5, 0.6) is 0 Å². The van der Waals surface area contributed by atoms with Crippen molar-refractivity contribution in [3.8, 4) is 0 Å². The summed E-state index contributed by atoms with van der Waals surface area (Å²) in [5.41, 5.74) is 6.85. The van der Waals surface area contributed by atoms with Crippen molar-refractivity contribution in [1.29, 1.82) is 0 Å². The van der Waals surface area contributed by atoms with E-state index in [1.165, 1.54) is 12.3 Å². The number of nitrogens with zero attached hydrogens (tertiary/aromatic N) is 2. The minimum Gasteiger partial charge on any atom is -0.322 e. The number of nitrogens with one attached hydrogen (secondary N) is 1. The van der Waals surface area contributed by atoms with Crippen LogP contribution < -0.4 is 5.73 Å². The van der Waals surface area contributed by atoms with Crippen molar-refractivity contribution < 1.29 is 4.39 Å². The van der Waals surface area contributed by atoms with E-state index in [4.69, 9.17) is 17.3 Å². The highest BCUT2D eigenvalue weighted by molar-refractivity contribution is 6.31. The summed E-state index contributed by atoms with van der Waals surface area (Å²) in [6.45, 7) is 0. The van der Waals surface area contributed by atoms with Crippen molar-refractivity contribution in [2.45, 2.75) is 12.5 Å². The summed E-state index contributed by atoms with van der Waals surface area (Å²) >= 11 is 5.90. The van der Waals surface area contributed by atoms with Crippen LogP contribution in [0.1, 0.15) is 17.3 Å². The zero-order chi connectivity index (χ0) is 11.5. The fraction of sp³-hybridized carbons (Fsp3) is 0.200. The number of hydrogen-bond donors (Lipinski definition) is 2. The zero-order valence-corrected chi connectivity index (χ0v) is 9.08. The third-order valence-electron chi connectivity index (χ3n) is 2.30. The Kier molecular flexibility index (Phi) is 3.17. The van der Waals surface area contributed by atoms with Crippen LogP contribution in [-0.2, 0) is 6.42 Å². The Morgan fingerprint density at radius 1 is 1.50 bits per heavy atom. The molecular formula is C10H10ClFN4. The quantitative estimate of drug-likeness (QED) is 0.860. The SMILES string of the molecule is NC(Cc1c(F)cccc1Cl)c1cn[nH]n1. The lowest BCUT2D eigenvalue weighted by Gasteiger charge is -2.10. The smallest absolute Gasteiger partial charge is 0.127 e. The van der Waals surface area contributed by atoms with Gasteiger partial charge in [0.1, 0.15) is 5.82 Å². The molecule has 3 N–H and O–H groups in total. The second-order valence-electron chi connectivity index (χ2n) is 3.41. The minimum atomic E-state index is -0.423. The summed E-state index contributed by atoms with van der Waals surface area (Å²) in [6.07, 6.45) is 1.80. The molecule has 1 aromatic heterocycles. The number of nitrogens with two attached hydrogens (primary N) is 1. The first kappa shape index (κ1) is 11.0. The number of aromatic amines is 1. The zero-order valence-electron chi connectivity index (χ0n) is 8.32. The van der Waals surface area contributed by atoms with E-state index in [0.29, 0.717) is 16.3 Å². The summed E-state index contributed by atoms with van der Waals surface area (Å²) in [5, 5.41) is 10.3. The molecule has 1 atom stereocenters. The van der Waals surface area contributed by atoms with Crippen LogP contribution in [0.15, 0.2) is 24.4 Å². The molecule has 0 saturated heterocycles. The molecule has 6 heteroatoms. The maximum atomic E-state index is 13.5. The van der Waals surface area contributed by atoms with E-state index in [9.17, 15) is 4.39 Å². The van der Waals surface area contributed by atoms with Crippen molar-refractivity contribution in [3.63, 3.8) is 0 Å². The van der Waals surface area contributed by atoms with Crippen LogP contribution in [-0.4, -0.2) is 15.4 Å². The van der Waals surface area contributed by atoms with E-state index in [2.05, 4.69) is 15.4 Å². The third kappa shape index (κ3) is 2.20. The Morgan fingerprint density at radius 2 is 2.31 bits per heavy atom. The average molecular weight is 241 g/mol. The summed E-state index contributed by atoms with van der Waals surface area (Å²) in [6, 6.07) is 4.13. The topological polar surface area (TPSA) is 67.6 Å². The van der Waals surface area contributed by atoms with Crippen LogP contribution in [0.3, 0.4) is 0 Å². The van der Waals surface area contributed by atoms with Crippen molar-refractivity contribution in [2.75, 3.05) is 0 Å². The van der Waals surface area contributed by atoms with Crippen LogP contribution >= 0.6 is 11.6 Å². The van der Waals surface area contributed by atoms with E-state index < -0.39 is 6.04 Å². The van der Waals surface area contributed by atoms with Gasteiger partial charge in [-0.2, -0.15) is 15.4 Å². The van der Waals surface area contributed by atoms with Crippen molar-refractivity contribution in [2.24, 2.45) is 5.73 Å². The van der Waals surface area contributed by atoms with E-state index in [1.54, 1.807) is 12.1 Å². The van der Waals surface area contributed by atoms with Crippen molar-refractivity contribution in [1.82, 2.24) is 15.4 Å². The van der Waals surface area contributed by atoms with Gasteiger partial charge in [-0.15, -0.1) is 0 Å². The lowest BCUT2D eigenvalue weighted by atomic mass is 10.0. The molecule has 0 radical (unpaired) electrons. The average Bonchev–Trinajstić information content (AvgIpc) is 2.76. The number of H-pyrrole nitrogens is 1. The highest BCUT2D eigenvalue weighted by atomic mass is 35.5. The maximum absolute atomic E-state index is 13.5. The highest BCUT2D eigenvalue weighted by Gasteiger charge is 2.14. The van der Waals surface area contributed by atoms with Gasteiger partial charge in [-0.1, -0.05) is 17.7 Å². The number of halogens is 2. The molecule has 1 heterocycles. The van der Waals surface area contributed by atoms with Crippen LogP contribution in [0.2, 0.25) is 5.02 Å². The second kappa shape index (κ2) is 4.59. The van der Waals surface area contributed by atoms with Gasteiger partial charge in [0.2, 0.25) is 0 Å². The third-order valence-corrected chi connectivity index (χ3v) is 2.65. The molecular weight excluding hydrogens is 231 g/mol. The first-order valence-electron chi connectivity index (χ1n) is 4.72. The molecule has 0 fully saturated rings. The fourth-order valence-corrected chi connectivity index (χ4v) is 1.68. The predicted molar refractivity (Wildman–Crippen MR) is 58.4 cm³/mol. The van der Waals surface area contributed by atoms with Gasteiger partial charge < -0.3 is 5.73 Å². The number of hydrogen-bond acceptors (Lipinski definition) is 3. The van der Waals surface area contributed by atoms with E-state index in [1.807, 2.05) is 0 Å². The number of aromatic nitrogens is 3. The molecule has 84 valence electrons. The Balaban J connectivity index is 2.21. The Hall–Kier alpha value is -1.46. The lowest BCUT2D eigenvalue weighted by Crippen LogP contribution is -2.15. The van der Waals surface area contributed by atoms with Gasteiger partial charge >= 0.3 is 0 Å². The normalized spacial score (nSPS) is 12.7. The van der Waals surface area contributed by atoms with Crippen LogP contribution in [0.4, 0.5) is 4.39 Å². The van der Waals surface area contributed by atoms with Crippen LogP contribution in [0, 0.1) is 5.82 Å². The monoisotopic (exact) mass is 240 g/mol. The number of rotatable bonds is 3. The first-order valence-corrected chi connectivity index (χ1v) is 5.10. The predicted octanol–water partition coefficient (Wildman–Crippen LogP) is 1.84. The molecule has 1 unspecified atom stereocenters. The molecule has 1 aromatic carbocycles. The summed E-state index contributed by atoms with van der Waals surface area (Å²) in [7, 11) is 0. The van der Waals surface area contributed by atoms with Gasteiger partial charge in [0, 0.05) is 10.6 Å². The van der Waals surface area contributed by atoms with E-state index >= 15 is 0 Å².